The van der Waals surface area contributed by atoms with Crippen LogP contribution in [-0.2, 0) is 23.7 Å². The number of aliphatic hydroxyl groups is 1. The second-order valence-electron chi connectivity index (χ2n) is 10.9. The number of aliphatic hydroxyl groups excluding tert-OH is 1. The van der Waals surface area contributed by atoms with Gasteiger partial charge in [-0.15, -0.1) is 0 Å². The van der Waals surface area contributed by atoms with Crippen molar-refractivity contribution in [2.24, 2.45) is 0 Å². The maximum Gasteiger partial charge on any atom is 0.217 e. The monoisotopic (exact) mass is 533 g/mol. The minimum Gasteiger partial charge on any atom is -0.388 e. The molecule has 0 saturated carbocycles. The molecule has 38 heavy (non-hydrogen) atoms. The number of carbonyl (C=O) groups excluding carboxylic acids is 1. The highest BCUT2D eigenvalue weighted by atomic mass is 16.7. The summed E-state index contributed by atoms with van der Waals surface area (Å²) in [5.41, 5.74) is 0.880. The minimum absolute atomic E-state index is 0.243. The van der Waals surface area contributed by atoms with Gasteiger partial charge in [-0.25, -0.2) is 0 Å². The smallest absolute Gasteiger partial charge is 0.217 e. The fraction of sp³-hybridized carbons (Fsp3) is 0.774. The highest BCUT2D eigenvalue weighted by Crippen LogP contribution is 2.34. The first-order chi connectivity index (χ1) is 18.6. The molecule has 0 aliphatic carbocycles. The molecule has 2 heterocycles. The Kier molecular flexibility index (Phi) is 14.7. The van der Waals surface area contributed by atoms with Crippen LogP contribution in [-0.4, -0.2) is 54.9 Å². The summed E-state index contributed by atoms with van der Waals surface area (Å²) in [4.78, 5) is 11.9. The van der Waals surface area contributed by atoms with Crippen molar-refractivity contribution in [3.05, 3.63) is 35.9 Å². The molecule has 2 fully saturated rings. The molecule has 2 aliphatic heterocycles. The van der Waals surface area contributed by atoms with Crippen LogP contribution in [0.4, 0.5) is 0 Å². The molecular weight excluding hydrogens is 482 g/mol. The summed E-state index contributed by atoms with van der Waals surface area (Å²) >= 11 is 0. The zero-order valence-electron chi connectivity index (χ0n) is 23.7. The number of ether oxygens (including phenoxy) is 4. The quantitative estimate of drug-likeness (QED) is 0.219. The molecule has 1 aromatic carbocycles. The van der Waals surface area contributed by atoms with Gasteiger partial charge in [0.25, 0.3) is 0 Å². The molecule has 216 valence electrons. The van der Waals surface area contributed by atoms with Crippen LogP contribution in [0.1, 0.15) is 116 Å². The number of carbonyl (C=O) groups is 1. The third-order valence-electron chi connectivity index (χ3n) is 7.59. The van der Waals surface area contributed by atoms with Crippen molar-refractivity contribution >= 4 is 5.91 Å². The van der Waals surface area contributed by atoms with Gasteiger partial charge in [0.1, 0.15) is 24.4 Å². The summed E-state index contributed by atoms with van der Waals surface area (Å²) in [7, 11) is 0. The Morgan fingerprint density at radius 1 is 0.895 bits per heavy atom. The van der Waals surface area contributed by atoms with Crippen molar-refractivity contribution in [3.8, 4) is 0 Å². The number of unbranched alkanes of at least 4 members (excludes halogenated alkanes) is 13. The minimum atomic E-state index is -0.964. The van der Waals surface area contributed by atoms with Gasteiger partial charge < -0.3 is 29.4 Å². The normalized spacial score (nSPS) is 27.1. The summed E-state index contributed by atoms with van der Waals surface area (Å²) in [6, 6.07) is 8.92. The van der Waals surface area contributed by atoms with Crippen LogP contribution < -0.4 is 5.32 Å². The molecule has 0 unspecified atom stereocenters. The Morgan fingerprint density at radius 3 is 2.05 bits per heavy atom. The lowest BCUT2D eigenvalue weighted by Gasteiger charge is -2.47. The van der Waals surface area contributed by atoms with Gasteiger partial charge in [-0.3, -0.25) is 4.79 Å². The Balaban J connectivity index is 1.30. The maximum atomic E-state index is 11.9. The molecule has 6 atom stereocenters. The van der Waals surface area contributed by atoms with E-state index in [0.717, 1.165) is 18.4 Å². The fourth-order valence-electron chi connectivity index (χ4n) is 5.40. The van der Waals surface area contributed by atoms with E-state index in [0.29, 0.717) is 6.61 Å². The Bertz CT molecular complexity index is 762. The molecule has 1 amide bonds. The number of rotatable bonds is 18. The third-order valence-corrected chi connectivity index (χ3v) is 7.59. The van der Waals surface area contributed by atoms with Crippen molar-refractivity contribution in [3.63, 3.8) is 0 Å². The number of nitrogens with one attached hydrogen (secondary N) is 1. The van der Waals surface area contributed by atoms with Gasteiger partial charge >= 0.3 is 0 Å². The highest BCUT2D eigenvalue weighted by molar-refractivity contribution is 5.73. The van der Waals surface area contributed by atoms with Crippen LogP contribution in [0.5, 0.6) is 0 Å². The van der Waals surface area contributed by atoms with Crippen LogP contribution in [0.15, 0.2) is 30.3 Å². The van der Waals surface area contributed by atoms with E-state index in [2.05, 4.69) is 12.2 Å². The standard InChI is InChI=1S/C31H51NO6/c1-3-4-5-6-7-8-9-10-11-12-13-14-15-19-22-35-31-27(32-24(2)33)28(34)29-26(37-31)23-36-30(38-29)25-20-17-16-18-21-25/h16-18,20-21,26-31,34H,3-15,19,22-23H2,1-2H3,(H,32,33)/t26-,27-,28+,29+,30+,31-/m1/s1. The van der Waals surface area contributed by atoms with E-state index in [1.165, 1.54) is 84.0 Å². The van der Waals surface area contributed by atoms with E-state index in [-0.39, 0.29) is 12.5 Å². The zero-order valence-corrected chi connectivity index (χ0v) is 23.7. The summed E-state index contributed by atoms with van der Waals surface area (Å²) in [5.74, 6) is -0.243. The van der Waals surface area contributed by atoms with Crippen molar-refractivity contribution in [2.45, 2.75) is 141 Å². The van der Waals surface area contributed by atoms with Gasteiger partial charge in [0.15, 0.2) is 12.6 Å². The summed E-state index contributed by atoms with van der Waals surface area (Å²) < 4.78 is 24.1. The van der Waals surface area contributed by atoms with Gasteiger partial charge in [-0.05, 0) is 6.42 Å². The van der Waals surface area contributed by atoms with Crippen molar-refractivity contribution in [1.82, 2.24) is 5.32 Å². The maximum absolute atomic E-state index is 11.9. The highest BCUT2D eigenvalue weighted by Gasteiger charge is 2.50. The lowest BCUT2D eigenvalue weighted by atomic mass is 9.95. The summed E-state index contributed by atoms with van der Waals surface area (Å²) in [6.07, 6.45) is 14.9. The van der Waals surface area contributed by atoms with Gasteiger partial charge in [0.05, 0.1) is 6.61 Å². The first-order valence-corrected chi connectivity index (χ1v) is 15.1. The summed E-state index contributed by atoms with van der Waals surface area (Å²) in [5, 5.41) is 13.9. The van der Waals surface area contributed by atoms with Gasteiger partial charge in [0.2, 0.25) is 5.91 Å². The molecule has 0 spiro atoms. The Labute approximate surface area is 230 Å². The molecule has 7 heteroatoms. The SMILES string of the molecule is CCCCCCCCCCCCCCCCO[C@@H]1O[C@@H]2CO[C@H](c3ccccc3)O[C@@H]2[C@@H](O)[C@H]1NC(C)=O. The van der Waals surface area contributed by atoms with E-state index in [4.69, 9.17) is 18.9 Å². The van der Waals surface area contributed by atoms with Crippen LogP contribution in [0.2, 0.25) is 0 Å². The topological polar surface area (TPSA) is 86.2 Å². The van der Waals surface area contributed by atoms with Crippen molar-refractivity contribution in [2.75, 3.05) is 13.2 Å². The van der Waals surface area contributed by atoms with Crippen LogP contribution >= 0.6 is 0 Å². The second-order valence-corrected chi connectivity index (χ2v) is 10.9. The van der Waals surface area contributed by atoms with Crippen molar-refractivity contribution < 1.29 is 28.8 Å². The van der Waals surface area contributed by atoms with E-state index in [9.17, 15) is 9.90 Å². The predicted molar refractivity (Wildman–Crippen MR) is 149 cm³/mol. The predicted octanol–water partition coefficient (Wildman–Crippen LogP) is 6.19. The lowest BCUT2D eigenvalue weighted by molar-refractivity contribution is -0.344. The lowest BCUT2D eigenvalue weighted by Crippen LogP contribution is -2.66. The molecule has 1 aromatic rings. The van der Waals surface area contributed by atoms with E-state index < -0.39 is 36.9 Å². The van der Waals surface area contributed by atoms with E-state index in [1.54, 1.807) is 0 Å². The molecule has 0 bridgehead atoms. The molecular formula is C31H51NO6. The van der Waals surface area contributed by atoms with Gasteiger partial charge in [-0.1, -0.05) is 121 Å². The van der Waals surface area contributed by atoms with E-state index in [1.807, 2.05) is 30.3 Å². The largest absolute Gasteiger partial charge is 0.388 e. The first-order valence-electron chi connectivity index (χ1n) is 15.1. The number of hydrogen-bond acceptors (Lipinski definition) is 6. The second kappa shape index (κ2) is 18.0. The number of fused-ring (bicyclic) bond motifs is 1. The Morgan fingerprint density at radius 2 is 1.47 bits per heavy atom. The van der Waals surface area contributed by atoms with Crippen LogP contribution in [0, 0.1) is 0 Å². The molecule has 7 nitrogen and oxygen atoms in total. The molecule has 0 aromatic heterocycles. The first kappa shape index (κ1) is 31.0. The van der Waals surface area contributed by atoms with Crippen LogP contribution in [0.3, 0.4) is 0 Å². The number of benzene rings is 1. The van der Waals surface area contributed by atoms with Gasteiger partial charge in [-0.2, -0.15) is 0 Å². The summed E-state index contributed by atoms with van der Waals surface area (Å²) in [6.45, 7) is 4.51. The van der Waals surface area contributed by atoms with Crippen LogP contribution in [0.25, 0.3) is 0 Å². The van der Waals surface area contributed by atoms with Crippen molar-refractivity contribution in [1.29, 1.82) is 0 Å². The third kappa shape index (κ3) is 10.6. The number of amides is 1. The zero-order chi connectivity index (χ0) is 27.0. The molecule has 2 N–H and O–H groups in total. The van der Waals surface area contributed by atoms with Gasteiger partial charge in [0, 0.05) is 19.1 Å². The molecule has 0 radical (unpaired) electrons. The van der Waals surface area contributed by atoms with E-state index >= 15 is 0 Å². The average molecular weight is 534 g/mol. The molecule has 2 saturated heterocycles. The number of hydrogen-bond donors (Lipinski definition) is 2. The molecule has 3 rings (SSSR count). The molecule has 2 aliphatic rings. The Hall–Kier alpha value is -1.51. The fourth-order valence-corrected chi connectivity index (χ4v) is 5.40. The average Bonchev–Trinajstić information content (AvgIpc) is 2.93.